The molecule has 1 atom stereocenters. The molecule has 1 amide bonds. The van der Waals surface area contributed by atoms with E-state index in [-0.39, 0.29) is 11.5 Å². The Morgan fingerprint density at radius 1 is 1.50 bits per heavy atom. The van der Waals surface area contributed by atoms with Gasteiger partial charge in [-0.05, 0) is 19.4 Å². The number of aromatic amines is 1. The number of aromatic nitrogens is 4. The number of nitrogens with zero attached hydrogens (tertiary/aromatic N) is 4. The molecule has 3 rings (SSSR count). The van der Waals surface area contributed by atoms with Gasteiger partial charge in [-0.15, -0.1) is 0 Å². The third-order valence-electron chi connectivity index (χ3n) is 4.13. The quantitative estimate of drug-likeness (QED) is 0.872. The third kappa shape index (κ3) is 3.70. The van der Waals surface area contributed by atoms with Gasteiger partial charge in [-0.2, -0.15) is 5.10 Å². The minimum atomic E-state index is -0.396. The molecule has 0 radical (unpaired) electrons. The van der Waals surface area contributed by atoms with Crippen molar-refractivity contribution in [3.8, 4) is 0 Å². The predicted octanol–water partition coefficient (Wildman–Crippen LogP) is 0.345. The zero-order valence-electron chi connectivity index (χ0n) is 13.9. The van der Waals surface area contributed by atoms with Crippen LogP contribution in [0.25, 0.3) is 0 Å². The van der Waals surface area contributed by atoms with Crippen LogP contribution in [-0.2, 0) is 23.0 Å². The summed E-state index contributed by atoms with van der Waals surface area (Å²) in [5.41, 5.74) is 1.45. The Morgan fingerprint density at radius 3 is 3.04 bits per heavy atom. The van der Waals surface area contributed by atoms with Crippen LogP contribution in [0, 0.1) is 6.92 Å². The van der Waals surface area contributed by atoms with Crippen molar-refractivity contribution in [1.82, 2.24) is 24.6 Å². The van der Waals surface area contributed by atoms with Gasteiger partial charge in [-0.25, -0.2) is 4.98 Å². The molecule has 24 heavy (non-hydrogen) atoms. The number of carbonyl (C=O) groups excluding carboxylic acids is 1. The second-order valence-electron chi connectivity index (χ2n) is 5.92. The highest BCUT2D eigenvalue weighted by atomic mass is 16.5. The summed E-state index contributed by atoms with van der Waals surface area (Å²) < 4.78 is 7.46. The fourth-order valence-electron chi connectivity index (χ4n) is 2.84. The Bertz CT molecular complexity index is 782. The Balaban J connectivity index is 1.63. The van der Waals surface area contributed by atoms with Crippen LogP contribution in [0.5, 0.6) is 0 Å². The van der Waals surface area contributed by atoms with Gasteiger partial charge < -0.3 is 14.6 Å². The van der Waals surface area contributed by atoms with E-state index in [9.17, 15) is 9.59 Å². The van der Waals surface area contributed by atoms with Crippen molar-refractivity contribution in [2.75, 3.05) is 19.7 Å². The smallest absolute Gasteiger partial charge is 0.251 e. The monoisotopic (exact) mass is 331 g/mol. The molecule has 1 N–H and O–H groups in total. The summed E-state index contributed by atoms with van der Waals surface area (Å²) in [5.74, 6) is 0.545. The number of carbonyl (C=O) groups is 1. The molecule has 128 valence electrons. The molecule has 1 fully saturated rings. The number of morpholine rings is 1. The lowest BCUT2D eigenvalue weighted by atomic mass is 10.2. The normalized spacial score (nSPS) is 17.9. The summed E-state index contributed by atoms with van der Waals surface area (Å²) in [6, 6.07) is 3.35. The molecule has 8 heteroatoms. The third-order valence-corrected chi connectivity index (χ3v) is 4.13. The van der Waals surface area contributed by atoms with Crippen LogP contribution in [0.15, 0.2) is 23.1 Å². The fraction of sp³-hybridized carbons (Fsp3) is 0.500. The zero-order chi connectivity index (χ0) is 17.1. The first-order valence-corrected chi connectivity index (χ1v) is 7.97. The largest absolute Gasteiger partial charge is 0.367 e. The molecular weight excluding hydrogens is 310 g/mol. The van der Waals surface area contributed by atoms with Crippen LogP contribution >= 0.6 is 0 Å². The second-order valence-corrected chi connectivity index (χ2v) is 5.92. The molecule has 3 heterocycles. The van der Waals surface area contributed by atoms with Gasteiger partial charge in [0.25, 0.3) is 5.56 Å². The molecule has 0 unspecified atom stereocenters. The standard InChI is InChI=1S/C16H21N5O3/c1-11-9-14(22)19-16(18-11)13-10-21(7-8-24-13)15(23)4-3-12-5-6-17-20(12)2/h5-6,9,13H,3-4,7-8,10H2,1-2H3,(H,18,19,22)/t13-/m0/s1. The number of hydrogen-bond acceptors (Lipinski definition) is 5. The molecule has 0 bridgehead atoms. The molecule has 1 saturated heterocycles. The molecule has 2 aromatic rings. The van der Waals surface area contributed by atoms with Crippen molar-refractivity contribution in [3.63, 3.8) is 0 Å². The molecular formula is C16H21N5O3. The van der Waals surface area contributed by atoms with Crippen molar-refractivity contribution in [2.45, 2.75) is 25.9 Å². The van der Waals surface area contributed by atoms with Crippen LogP contribution in [-0.4, -0.2) is 50.3 Å². The summed E-state index contributed by atoms with van der Waals surface area (Å²) in [5, 5.41) is 4.11. The Labute approximate surface area is 139 Å². The van der Waals surface area contributed by atoms with Crippen molar-refractivity contribution < 1.29 is 9.53 Å². The van der Waals surface area contributed by atoms with Gasteiger partial charge >= 0.3 is 0 Å². The van der Waals surface area contributed by atoms with Crippen LogP contribution < -0.4 is 5.56 Å². The summed E-state index contributed by atoms with van der Waals surface area (Å²) in [6.45, 7) is 3.14. The Morgan fingerprint density at radius 2 is 2.33 bits per heavy atom. The lowest BCUT2D eigenvalue weighted by molar-refractivity contribution is -0.139. The van der Waals surface area contributed by atoms with E-state index in [2.05, 4.69) is 15.1 Å². The van der Waals surface area contributed by atoms with Gasteiger partial charge in [-0.3, -0.25) is 14.3 Å². The van der Waals surface area contributed by atoms with Crippen molar-refractivity contribution in [1.29, 1.82) is 0 Å². The molecule has 0 spiro atoms. The van der Waals surface area contributed by atoms with Gasteiger partial charge in [-0.1, -0.05) is 0 Å². The first-order chi connectivity index (χ1) is 11.5. The molecule has 0 aliphatic carbocycles. The highest BCUT2D eigenvalue weighted by Crippen LogP contribution is 2.19. The van der Waals surface area contributed by atoms with Gasteiger partial charge in [0, 0.05) is 43.7 Å². The van der Waals surface area contributed by atoms with Crippen molar-refractivity contribution >= 4 is 5.91 Å². The predicted molar refractivity (Wildman–Crippen MR) is 86.4 cm³/mol. The first kappa shape index (κ1) is 16.4. The molecule has 1 aliphatic heterocycles. The average molecular weight is 331 g/mol. The van der Waals surface area contributed by atoms with E-state index in [0.717, 1.165) is 5.69 Å². The van der Waals surface area contributed by atoms with Gasteiger partial charge in [0.15, 0.2) is 0 Å². The molecule has 0 saturated carbocycles. The van der Waals surface area contributed by atoms with E-state index in [1.807, 2.05) is 13.1 Å². The maximum absolute atomic E-state index is 12.5. The first-order valence-electron chi connectivity index (χ1n) is 7.97. The second kappa shape index (κ2) is 6.96. The van der Waals surface area contributed by atoms with E-state index >= 15 is 0 Å². The van der Waals surface area contributed by atoms with Crippen LogP contribution in [0.1, 0.15) is 29.7 Å². The number of amides is 1. The minimum absolute atomic E-state index is 0.0690. The van der Waals surface area contributed by atoms with E-state index in [0.29, 0.717) is 44.1 Å². The van der Waals surface area contributed by atoms with Gasteiger partial charge in [0.05, 0.1) is 13.2 Å². The zero-order valence-corrected chi connectivity index (χ0v) is 13.9. The van der Waals surface area contributed by atoms with E-state index in [1.165, 1.54) is 6.07 Å². The van der Waals surface area contributed by atoms with Crippen LogP contribution in [0.2, 0.25) is 0 Å². The minimum Gasteiger partial charge on any atom is -0.367 e. The van der Waals surface area contributed by atoms with Gasteiger partial charge in [0.2, 0.25) is 5.91 Å². The fourth-order valence-corrected chi connectivity index (χ4v) is 2.84. The topological polar surface area (TPSA) is 93.1 Å². The molecule has 2 aromatic heterocycles. The Kier molecular flexibility index (Phi) is 4.75. The van der Waals surface area contributed by atoms with Gasteiger partial charge in [0.1, 0.15) is 11.9 Å². The van der Waals surface area contributed by atoms with Crippen molar-refractivity contribution in [2.24, 2.45) is 7.05 Å². The van der Waals surface area contributed by atoms with Crippen LogP contribution in [0.4, 0.5) is 0 Å². The number of nitrogens with one attached hydrogen (secondary N) is 1. The number of ether oxygens (including phenoxy) is 1. The molecule has 8 nitrogen and oxygen atoms in total. The lowest BCUT2D eigenvalue weighted by Crippen LogP contribution is -2.43. The number of hydrogen-bond donors (Lipinski definition) is 1. The maximum atomic E-state index is 12.5. The summed E-state index contributed by atoms with van der Waals surface area (Å²) >= 11 is 0. The highest BCUT2D eigenvalue weighted by molar-refractivity contribution is 5.76. The molecule has 0 aromatic carbocycles. The SMILES string of the molecule is Cc1cc(=O)[nH]c([C@@H]2CN(C(=O)CCc3ccnn3C)CCO2)n1. The number of H-pyrrole nitrogens is 1. The number of rotatable bonds is 4. The number of aryl methyl sites for hydroxylation is 3. The summed E-state index contributed by atoms with van der Waals surface area (Å²) in [7, 11) is 1.87. The van der Waals surface area contributed by atoms with E-state index < -0.39 is 6.10 Å². The van der Waals surface area contributed by atoms with Crippen molar-refractivity contribution in [3.05, 3.63) is 45.9 Å². The molecule has 1 aliphatic rings. The average Bonchev–Trinajstić information content (AvgIpc) is 2.97. The summed E-state index contributed by atoms with van der Waals surface area (Å²) in [4.78, 5) is 32.8. The van der Waals surface area contributed by atoms with E-state index in [4.69, 9.17) is 4.74 Å². The highest BCUT2D eigenvalue weighted by Gasteiger charge is 2.27. The van der Waals surface area contributed by atoms with Crippen LogP contribution in [0.3, 0.4) is 0 Å². The maximum Gasteiger partial charge on any atom is 0.251 e. The van der Waals surface area contributed by atoms with E-state index in [1.54, 1.807) is 22.7 Å². The lowest BCUT2D eigenvalue weighted by Gasteiger charge is -2.32. The summed E-state index contributed by atoms with van der Waals surface area (Å²) in [6.07, 6.45) is 2.40. The Hall–Kier alpha value is -2.48.